The molecular formula is C13H21N3O. The van der Waals surface area contributed by atoms with E-state index in [1.54, 1.807) is 0 Å². The summed E-state index contributed by atoms with van der Waals surface area (Å²) in [5.41, 5.74) is 8.00. The minimum atomic E-state index is 0.142. The first-order valence-corrected chi connectivity index (χ1v) is 6.26. The van der Waals surface area contributed by atoms with E-state index in [0.717, 1.165) is 26.2 Å². The molecule has 1 aromatic rings. The number of rotatable bonds is 3. The fraction of sp³-hybridized carbons (Fsp3) is 0.615. The van der Waals surface area contributed by atoms with Crippen LogP contribution in [0.15, 0.2) is 12.3 Å². The van der Waals surface area contributed by atoms with Gasteiger partial charge in [-0.15, -0.1) is 0 Å². The van der Waals surface area contributed by atoms with Crippen LogP contribution in [-0.4, -0.2) is 36.1 Å². The average Bonchev–Trinajstić information content (AvgIpc) is 2.29. The highest BCUT2D eigenvalue weighted by atomic mass is 16.5. The summed E-state index contributed by atoms with van der Waals surface area (Å²) in [6, 6.07) is 1.91. The summed E-state index contributed by atoms with van der Waals surface area (Å²) in [5, 5.41) is 0. The fourth-order valence-corrected chi connectivity index (χ4v) is 2.34. The van der Waals surface area contributed by atoms with E-state index in [1.165, 1.54) is 17.5 Å². The van der Waals surface area contributed by atoms with Gasteiger partial charge in [0, 0.05) is 24.8 Å². The SMILES string of the molecule is CCCN1CCOC(c2cnc(N)cc2C)C1. The minimum Gasteiger partial charge on any atom is -0.384 e. The lowest BCUT2D eigenvalue weighted by Crippen LogP contribution is -2.38. The van der Waals surface area contributed by atoms with Crippen LogP contribution in [0.3, 0.4) is 0 Å². The molecule has 1 fully saturated rings. The van der Waals surface area contributed by atoms with Gasteiger partial charge in [0.15, 0.2) is 0 Å². The molecule has 0 bridgehead atoms. The molecule has 2 heterocycles. The largest absolute Gasteiger partial charge is 0.384 e. The number of nitrogens with two attached hydrogens (primary N) is 1. The molecule has 4 heteroatoms. The first kappa shape index (κ1) is 12.3. The molecule has 1 atom stereocenters. The van der Waals surface area contributed by atoms with Gasteiger partial charge in [0.25, 0.3) is 0 Å². The standard InChI is InChI=1S/C13H21N3O/c1-3-4-16-5-6-17-12(9-16)11-8-15-13(14)7-10(11)2/h7-8,12H,3-6,9H2,1-2H3,(H2,14,15). The van der Waals surface area contributed by atoms with E-state index in [9.17, 15) is 0 Å². The second kappa shape index (κ2) is 5.47. The molecule has 1 saturated heterocycles. The van der Waals surface area contributed by atoms with Crippen molar-refractivity contribution in [3.05, 3.63) is 23.4 Å². The zero-order valence-electron chi connectivity index (χ0n) is 10.6. The maximum atomic E-state index is 5.84. The summed E-state index contributed by atoms with van der Waals surface area (Å²) in [5.74, 6) is 0.576. The van der Waals surface area contributed by atoms with Crippen molar-refractivity contribution in [3.8, 4) is 0 Å². The van der Waals surface area contributed by atoms with Crippen LogP contribution in [0.25, 0.3) is 0 Å². The predicted octanol–water partition coefficient (Wildman–Crippen LogP) is 1.76. The highest BCUT2D eigenvalue weighted by molar-refractivity contribution is 5.37. The molecular weight excluding hydrogens is 214 g/mol. The molecule has 0 amide bonds. The highest BCUT2D eigenvalue weighted by Crippen LogP contribution is 2.25. The van der Waals surface area contributed by atoms with Gasteiger partial charge < -0.3 is 10.5 Å². The Bertz CT molecular complexity index is 379. The van der Waals surface area contributed by atoms with Crippen molar-refractivity contribution in [2.24, 2.45) is 0 Å². The van der Waals surface area contributed by atoms with E-state index >= 15 is 0 Å². The first-order chi connectivity index (χ1) is 8.20. The lowest BCUT2D eigenvalue weighted by atomic mass is 10.0. The third kappa shape index (κ3) is 2.96. The second-order valence-electron chi connectivity index (χ2n) is 4.63. The van der Waals surface area contributed by atoms with Gasteiger partial charge in [-0.05, 0) is 31.5 Å². The Labute approximate surface area is 103 Å². The van der Waals surface area contributed by atoms with Gasteiger partial charge >= 0.3 is 0 Å². The number of ether oxygens (including phenoxy) is 1. The monoisotopic (exact) mass is 235 g/mol. The molecule has 1 aliphatic heterocycles. The van der Waals surface area contributed by atoms with Crippen LogP contribution in [0, 0.1) is 6.92 Å². The van der Waals surface area contributed by atoms with E-state index < -0.39 is 0 Å². The van der Waals surface area contributed by atoms with Crippen molar-refractivity contribution in [1.29, 1.82) is 0 Å². The Morgan fingerprint density at radius 1 is 1.59 bits per heavy atom. The molecule has 17 heavy (non-hydrogen) atoms. The number of anilines is 1. The maximum absolute atomic E-state index is 5.84. The normalized spacial score (nSPS) is 21.6. The number of pyridine rings is 1. The van der Waals surface area contributed by atoms with Crippen LogP contribution >= 0.6 is 0 Å². The Morgan fingerprint density at radius 2 is 2.41 bits per heavy atom. The molecule has 1 aromatic heterocycles. The van der Waals surface area contributed by atoms with Crippen LogP contribution in [0.4, 0.5) is 5.82 Å². The molecule has 94 valence electrons. The van der Waals surface area contributed by atoms with E-state index in [4.69, 9.17) is 10.5 Å². The molecule has 1 unspecified atom stereocenters. The van der Waals surface area contributed by atoms with E-state index in [-0.39, 0.29) is 6.10 Å². The maximum Gasteiger partial charge on any atom is 0.123 e. The quantitative estimate of drug-likeness (QED) is 0.867. The topological polar surface area (TPSA) is 51.4 Å². The second-order valence-corrected chi connectivity index (χ2v) is 4.63. The number of morpholine rings is 1. The number of nitrogens with zero attached hydrogens (tertiary/aromatic N) is 2. The van der Waals surface area contributed by atoms with E-state index in [0.29, 0.717) is 5.82 Å². The van der Waals surface area contributed by atoms with Gasteiger partial charge in [-0.2, -0.15) is 0 Å². The molecule has 0 aliphatic carbocycles. The van der Waals surface area contributed by atoms with Gasteiger partial charge in [0.1, 0.15) is 5.82 Å². The molecule has 4 nitrogen and oxygen atoms in total. The van der Waals surface area contributed by atoms with Crippen LogP contribution in [0.1, 0.15) is 30.6 Å². The lowest BCUT2D eigenvalue weighted by Gasteiger charge is -2.33. The van der Waals surface area contributed by atoms with Crippen molar-refractivity contribution >= 4 is 5.82 Å². The fourth-order valence-electron chi connectivity index (χ4n) is 2.34. The van der Waals surface area contributed by atoms with Crippen molar-refractivity contribution < 1.29 is 4.74 Å². The van der Waals surface area contributed by atoms with Gasteiger partial charge in [0.2, 0.25) is 0 Å². The van der Waals surface area contributed by atoms with Crippen molar-refractivity contribution in [3.63, 3.8) is 0 Å². The molecule has 2 rings (SSSR count). The third-order valence-electron chi connectivity index (χ3n) is 3.21. The van der Waals surface area contributed by atoms with Crippen LogP contribution in [0.2, 0.25) is 0 Å². The molecule has 2 N–H and O–H groups in total. The van der Waals surface area contributed by atoms with Gasteiger partial charge in [-0.25, -0.2) is 4.98 Å². The third-order valence-corrected chi connectivity index (χ3v) is 3.21. The Balaban J connectivity index is 2.10. The van der Waals surface area contributed by atoms with Gasteiger partial charge in [0.05, 0.1) is 12.7 Å². The summed E-state index contributed by atoms with van der Waals surface area (Å²) in [4.78, 5) is 6.61. The number of aromatic nitrogens is 1. The highest BCUT2D eigenvalue weighted by Gasteiger charge is 2.22. The minimum absolute atomic E-state index is 0.142. The number of hydrogen-bond acceptors (Lipinski definition) is 4. The number of hydrogen-bond donors (Lipinski definition) is 1. The zero-order valence-corrected chi connectivity index (χ0v) is 10.6. The molecule has 0 radical (unpaired) electrons. The molecule has 0 saturated carbocycles. The average molecular weight is 235 g/mol. The van der Waals surface area contributed by atoms with Gasteiger partial charge in [-0.3, -0.25) is 4.90 Å². The molecule has 1 aliphatic rings. The van der Waals surface area contributed by atoms with Gasteiger partial charge in [-0.1, -0.05) is 6.92 Å². The Morgan fingerprint density at radius 3 is 3.12 bits per heavy atom. The lowest BCUT2D eigenvalue weighted by molar-refractivity contribution is -0.0302. The van der Waals surface area contributed by atoms with Crippen LogP contribution < -0.4 is 5.73 Å². The number of aryl methyl sites for hydroxylation is 1. The van der Waals surface area contributed by atoms with E-state index in [2.05, 4.69) is 23.7 Å². The van der Waals surface area contributed by atoms with E-state index in [1.807, 2.05) is 12.3 Å². The summed E-state index contributed by atoms with van der Waals surface area (Å²) in [7, 11) is 0. The van der Waals surface area contributed by atoms with Crippen molar-refractivity contribution in [2.45, 2.75) is 26.4 Å². The summed E-state index contributed by atoms with van der Waals surface area (Å²) in [6.07, 6.45) is 3.18. The van der Waals surface area contributed by atoms with Crippen LogP contribution in [-0.2, 0) is 4.74 Å². The summed E-state index contributed by atoms with van der Waals surface area (Å²) >= 11 is 0. The Kier molecular flexibility index (Phi) is 3.97. The predicted molar refractivity (Wildman–Crippen MR) is 68.8 cm³/mol. The van der Waals surface area contributed by atoms with Crippen molar-refractivity contribution in [2.75, 3.05) is 32.0 Å². The molecule has 0 aromatic carbocycles. The molecule has 0 spiro atoms. The Hall–Kier alpha value is -1.13. The summed E-state index contributed by atoms with van der Waals surface area (Å²) < 4.78 is 5.84. The van der Waals surface area contributed by atoms with Crippen molar-refractivity contribution in [1.82, 2.24) is 9.88 Å². The van der Waals surface area contributed by atoms with Crippen LogP contribution in [0.5, 0.6) is 0 Å². The summed E-state index contributed by atoms with van der Waals surface area (Å²) in [6.45, 7) is 8.21. The first-order valence-electron chi connectivity index (χ1n) is 6.26. The number of nitrogen functional groups attached to an aromatic ring is 1. The zero-order chi connectivity index (χ0) is 12.3. The smallest absolute Gasteiger partial charge is 0.123 e.